The van der Waals surface area contributed by atoms with Crippen LogP contribution in [0.2, 0.25) is 0 Å². The Morgan fingerprint density at radius 3 is 2.46 bits per heavy atom. The van der Waals surface area contributed by atoms with Gasteiger partial charge in [-0.05, 0) is 42.3 Å². The quantitative estimate of drug-likeness (QED) is 0.853. The molecule has 0 radical (unpaired) electrons. The Kier molecular flexibility index (Phi) is 4.96. The number of aliphatic hydroxyl groups is 1. The first-order valence-electron chi connectivity index (χ1n) is 7.72. The molecule has 0 spiro atoms. The molecule has 0 aromatic heterocycles. The third-order valence-electron chi connectivity index (χ3n) is 3.68. The lowest BCUT2D eigenvalue weighted by molar-refractivity contribution is -0.116. The maximum Gasteiger partial charge on any atom is 0.224 e. The number of benzene rings is 2. The predicted octanol–water partition coefficient (Wildman–Crippen LogP) is 2.53. The average Bonchev–Trinajstić information content (AvgIpc) is 2.59. The fourth-order valence-corrected chi connectivity index (χ4v) is 2.40. The average molecular weight is 331 g/mol. The molecule has 0 bridgehead atoms. The second-order valence-corrected chi connectivity index (χ2v) is 5.60. The molecule has 0 fully saturated rings. The van der Waals surface area contributed by atoms with Crippen molar-refractivity contribution in [2.75, 3.05) is 18.5 Å². The number of rotatable bonds is 6. The number of fused-ring (bicyclic) bond motifs is 1. The summed E-state index contributed by atoms with van der Waals surface area (Å²) in [4.78, 5) is 11.4. The minimum atomic E-state index is -0.833. The van der Waals surface area contributed by atoms with E-state index in [1.165, 1.54) is 24.3 Å². The topological polar surface area (TPSA) is 67.8 Å². The number of aliphatic hydroxyl groups excluding tert-OH is 1. The zero-order chi connectivity index (χ0) is 16.9. The van der Waals surface area contributed by atoms with E-state index in [4.69, 9.17) is 9.47 Å². The van der Waals surface area contributed by atoms with Crippen LogP contribution in [0, 0.1) is 5.82 Å². The molecular weight excluding hydrogens is 313 g/mol. The molecule has 1 aliphatic rings. The maximum atomic E-state index is 12.8. The van der Waals surface area contributed by atoms with Gasteiger partial charge in [0, 0.05) is 18.2 Å². The Labute approximate surface area is 139 Å². The second-order valence-electron chi connectivity index (χ2n) is 5.60. The van der Waals surface area contributed by atoms with Crippen LogP contribution in [-0.2, 0) is 11.2 Å². The zero-order valence-electron chi connectivity index (χ0n) is 13.0. The van der Waals surface area contributed by atoms with Crippen LogP contribution in [0.3, 0.4) is 0 Å². The van der Waals surface area contributed by atoms with Gasteiger partial charge in [0.2, 0.25) is 5.91 Å². The number of anilines is 1. The Hall–Kier alpha value is -2.60. The van der Waals surface area contributed by atoms with Gasteiger partial charge in [-0.15, -0.1) is 0 Å². The lowest BCUT2D eigenvalue weighted by Crippen LogP contribution is -2.25. The third kappa shape index (κ3) is 4.23. The highest BCUT2D eigenvalue weighted by atomic mass is 19.1. The molecule has 6 heteroatoms. The predicted molar refractivity (Wildman–Crippen MR) is 86.8 cm³/mol. The van der Waals surface area contributed by atoms with Gasteiger partial charge < -0.3 is 19.9 Å². The van der Waals surface area contributed by atoms with E-state index in [0.29, 0.717) is 17.9 Å². The molecule has 1 amide bonds. The number of halogens is 1. The van der Waals surface area contributed by atoms with Crippen molar-refractivity contribution in [2.24, 2.45) is 0 Å². The molecule has 126 valence electrons. The number of hydrogen-bond donors (Lipinski definition) is 2. The number of hydrogen-bond acceptors (Lipinski definition) is 4. The highest BCUT2D eigenvalue weighted by Crippen LogP contribution is 2.27. The van der Waals surface area contributed by atoms with Crippen molar-refractivity contribution in [3.05, 3.63) is 53.8 Å². The van der Waals surface area contributed by atoms with E-state index < -0.39 is 6.10 Å². The minimum Gasteiger partial charge on any atom is -0.491 e. The summed E-state index contributed by atoms with van der Waals surface area (Å²) in [5, 5.41) is 12.7. The molecule has 2 aromatic carbocycles. The van der Waals surface area contributed by atoms with Crippen LogP contribution in [0.15, 0.2) is 42.5 Å². The number of nitrogens with one attached hydrogen (secondary N) is 1. The van der Waals surface area contributed by atoms with E-state index in [-0.39, 0.29) is 24.9 Å². The summed E-state index contributed by atoms with van der Waals surface area (Å²) < 4.78 is 23.7. The van der Waals surface area contributed by atoms with E-state index in [2.05, 4.69) is 5.32 Å². The Morgan fingerprint density at radius 1 is 1.04 bits per heavy atom. The summed E-state index contributed by atoms with van der Waals surface area (Å²) in [5.74, 6) is 0.696. The molecule has 0 saturated carbocycles. The van der Waals surface area contributed by atoms with Crippen LogP contribution < -0.4 is 14.8 Å². The summed E-state index contributed by atoms with van der Waals surface area (Å²) in [6.45, 7) is 0.0846. The molecule has 0 unspecified atom stereocenters. The van der Waals surface area contributed by atoms with E-state index in [1.54, 1.807) is 6.07 Å². The van der Waals surface area contributed by atoms with Crippen LogP contribution in [0.1, 0.15) is 12.0 Å². The molecule has 24 heavy (non-hydrogen) atoms. The van der Waals surface area contributed by atoms with Gasteiger partial charge in [-0.25, -0.2) is 4.39 Å². The van der Waals surface area contributed by atoms with Crippen molar-refractivity contribution in [3.8, 4) is 11.5 Å². The number of carbonyl (C=O) groups is 1. The van der Waals surface area contributed by atoms with Gasteiger partial charge in [0.25, 0.3) is 0 Å². The minimum absolute atomic E-state index is 0.00705. The molecule has 3 rings (SSSR count). The SMILES string of the molecule is O=C1CCc2ccc(OC[C@@H](O)COc3ccc(F)cc3)cc2N1. The highest BCUT2D eigenvalue weighted by Gasteiger charge is 2.15. The first-order valence-corrected chi connectivity index (χ1v) is 7.72. The molecule has 0 saturated heterocycles. The molecule has 0 aliphatic carbocycles. The van der Waals surface area contributed by atoms with E-state index in [1.807, 2.05) is 12.1 Å². The Balaban J connectivity index is 1.49. The van der Waals surface area contributed by atoms with Gasteiger partial charge in [-0.1, -0.05) is 6.07 Å². The van der Waals surface area contributed by atoms with Gasteiger partial charge >= 0.3 is 0 Å². The standard InChI is InChI=1S/C18H18FNO4/c19-13-3-6-15(7-4-13)23-10-14(21)11-24-16-5-1-12-2-8-18(22)20-17(12)9-16/h1,3-7,9,14,21H,2,8,10-11H2,(H,20,22)/t14-/m0/s1. The monoisotopic (exact) mass is 331 g/mol. The van der Waals surface area contributed by atoms with Crippen molar-refractivity contribution in [3.63, 3.8) is 0 Å². The van der Waals surface area contributed by atoms with Gasteiger partial charge in [0.05, 0.1) is 0 Å². The first-order chi connectivity index (χ1) is 11.6. The number of amides is 1. The van der Waals surface area contributed by atoms with E-state index in [0.717, 1.165) is 17.7 Å². The van der Waals surface area contributed by atoms with Crippen molar-refractivity contribution in [2.45, 2.75) is 18.9 Å². The van der Waals surface area contributed by atoms with Crippen molar-refractivity contribution < 1.29 is 23.8 Å². The van der Waals surface area contributed by atoms with Crippen LogP contribution in [0.5, 0.6) is 11.5 Å². The normalized spacial score (nSPS) is 14.5. The van der Waals surface area contributed by atoms with E-state index >= 15 is 0 Å². The molecule has 1 heterocycles. The smallest absolute Gasteiger partial charge is 0.224 e. The van der Waals surface area contributed by atoms with Crippen LogP contribution in [0.25, 0.3) is 0 Å². The summed E-state index contributed by atoms with van der Waals surface area (Å²) in [6.07, 6.45) is 0.378. The van der Waals surface area contributed by atoms with Gasteiger partial charge in [-0.3, -0.25) is 4.79 Å². The molecule has 2 N–H and O–H groups in total. The van der Waals surface area contributed by atoms with Crippen molar-refractivity contribution in [1.82, 2.24) is 0 Å². The fourth-order valence-electron chi connectivity index (χ4n) is 2.40. The lowest BCUT2D eigenvalue weighted by Gasteiger charge is -2.18. The summed E-state index contributed by atoms with van der Waals surface area (Å²) in [5.41, 5.74) is 1.82. The highest BCUT2D eigenvalue weighted by molar-refractivity contribution is 5.94. The largest absolute Gasteiger partial charge is 0.491 e. The number of aryl methyl sites for hydroxylation is 1. The number of ether oxygens (including phenoxy) is 2. The summed E-state index contributed by atoms with van der Waals surface area (Å²) in [6, 6.07) is 11.0. The Morgan fingerprint density at radius 2 is 1.71 bits per heavy atom. The molecule has 1 atom stereocenters. The fraction of sp³-hybridized carbons (Fsp3) is 0.278. The van der Waals surface area contributed by atoms with Gasteiger partial charge in [0.15, 0.2) is 0 Å². The van der Waals surface area contributed by atoms with Crippen molar-refractivity contribution >= 4 is 11.6 Å². The zero-order valence-corrected chi connectivity index (χ0v) is 13.0. The second kappa shape index (κ2) is 7.31. The van der Waals surface area contributed by atoms with Crippen molar-refractivity contribution in [1.29, 1.82) is 0 Å². The summed E-state index contributed by atoms with van der Waals surface area (Å²) in [7, 11) is 0. The van der Waals surface area contributed by atoms with Gasteiger partial charge in [0.1, 0.15) is 36.6 Å². The van der Waals surface area contributed by atoms with Crippen LogP contribution in [0.4, 0.5) is 10.1 Å². The molecular formula is C18H18FNO4. The van der Waals surface area contributed by atoms with Crippen LogP contribution in [-0.4, -0.2) is 30.3 Å². The molecule has 5 nitrogen and oxygen atoms in total. The third-order valence-corrected chi connectivity index (χ3v) is 3.68. The Bertz CT molecular complexity index is 717. The maximum absolute atomic E-state index is 12.8. The summed E-state index contributed by atoms with van der Waals surface area (Å²) >= 11 is 0. The van der Waals surface area contributed by atoms with E-state index in [9.17, 15) is 14.3 Å². The lowest BCUT2D eigenvalue weighted by atomic mass is 10.0. The van der Waals surface area contributed by atoms with Crippen LogP contribution >= 0.6 is 0 Å². The van der Waals surface area contributed by atoms with Gasteiger partial charge in [-0.2, -0.15) is 0 Å². The first kappa shape index (κ1) is 16.3. The molecule has 2 aromatic rings. The number of carbonyl (C=O) groups excluding carboxylic acids is 1. The molecule has 1 aliphatic heterocycles.